The van der Waals surface area contributed by atoms with E-state index in [9.17, 15) is 0 Å². The number of hydrogen-bond donors (Lipinski definition) is 0. The van der Waals surface area contributed by atoms with E-state index in [1.54, 1.807) is 0 Å². The van der Waals surface area contributed by atoms with Crippen LogP contribution in [0, 0.1) is 13.8 Å². The van der Waals surface area contributed by atoms with Crippen molar-refractivity contribution in [2.75, 3.05) is 0 Å². The van der Waals surface area contributed by atoms with Gasteiger partial charge in [-0.3, -0.25) is 4.57 Å². The lowest BCUT2D eigenvalue weighted by Crippen LogP contribution is -1.87. The molecule has 0 amide bonds. The fourth-order valence-electron chi connectivity index (χ4n) is 2.88. The molecule has 1 nitrogen and oxygen atoms in total. The van der Waals surface area contributed by atoms with Crippen LogP contribution in [0.2, 0.25) is 0 Å². The summed E-state index contributed by atoms with van der Waals surface area (Å²) in [5.41, 5.74) is 4.26. The maximum atomic E-state index is 9.10. The Morgan fingerprint density at radius 1 is 1.08 bits per heavy atom. The maximum Gasteiger partial charge on any atom is 0.174 e. The third kappa shape index (κ3) is 8.02. The fraction of sp³-hybridized carbons (Fsp3) is 0.500. The Hall–Kier alpha value is -0.550. The number of hydrogen-bond acceptors (Lipinski definition) is 2. The van der Waals surface area contributed by atoms with Gasteiger partial charge in [0.1, 0.15) is 0 Å². The van der Waals surface area contributed by atoms with Gasteiger partial charge in [-0.15, -0.1) is 11.3 Å². The van der Waals surface area contributed by atoms with Gasteiger partial charge in [-0.1, -0.05) is 63.3 Å². The van der Waals surface area contributed by atoms with Crippen LogP contribution in [0.1, 0.15) is 60.8 Å². The van der Waals surface area contributed by atoms with Crippen molar-refractivity contribution < 1.29 is 4.57 Å². The molecule has 132 valence electrons. The van der Waals surface area contributed by atoms with Gasteiger partial charge in [0.15, 0.2) is 8.15 Å². The SMILES string of the molecule is CCCCCCCCc1ccc(-c2cc(C)sc2C)cc1.[3H]PP=O. The molecule has 24 heavy (non-hydrogen) atoms. The lowest BCUT2D eigenvalue weighted by molar-refractivity contribution is 0.605. The minimum absolute atomic E-state index is 0.0571. The largest absolute Gasteiger partial charge is 0.271 e. The number of unbranched alkanes of at least 4 members (excludes halogenated alkanes) is 5. The molecule has 0 N–H and O–H groups in total. The molecule has 2 rings (SSSR count). The van der Waals surface area contributed by atoms with Gasteiger partial charge < -0.3 is 0 Å². The summed E-state index contributed by atoms with van der Waals surface area (Å²) in [6, 6.07) is 11.5. The highest BCUT2D eigenvalue weighted by molar-refractivity contribution is 7.96. The molecule has 2 aromatic rings. The second kappa shape index (κ2) is 12.8. The number of aryl methyl sites for hydroxylation is 3. The smallest absolute Gasteiger partial charge is 0.174 e. The molecule has 0 spiro atoms. The molecular weight excluding hydrogens is 350 g/mol. The fourth-order valence-corrected chi connectivity index (χ4v) is 3.82. The molecule has 0 bridgehead atoms. The molecule has 0 aliphatic rings. The zero-order valence-electron chi connectivity index (χ0n) is 16.1. The molecule has 1 unspecified atom stereocenters. The van der Waals surface area contributed by atoms with Gasteiger partial charge in [-0.05, 0) is 58.3 Å². The van der Waals surface area contributed by atoms with Gasteiger partial charge in [0.25, 0.3) is 0 Å². The van der Waals surface area contributed by atoms with E-state index in [0.29, 0.717) is 0 Å². The molecule has 1 aromatic heterocycles. The van der Waals surface area contributed by atoms with Crippen LogP contribution in [-0.4, -0.2) is 1.28 Å². The molecule has 0 saturated carbocycles. The lowest BCUT2D eigenvalue weighted by atomic mass is 10.0. The Balaban J connectivity index is 0.000000705. The number of thiophene rings is 1. The second-order valence-corrected chi connectivity index (χ2v) is 8.32. The van der Waals surface area contributed by atoms with Gasteiger partial charge >= 0.3 is 0 Å². The molecule has 1 atom stereocenters. The van der Waals surface area contributed by atoms with Gasteiger partial charge in [0, 0.05) is 9.75 Å². The zero-order valence-corrected chi connectivity index (χ0v) is 17.8. The van der Waals surface area contributed by atoms with E-state index in [4.69, 9.17) is 5.84 Å². The van der Waals surface area contributed by atoms with E-state index in [-0.39, 0.29) is 17.0 Å². The first kappa shape index (κ1) is 19.8. The Morgan fingerprint density at radius 2 is 1.71 bits per heavy atom. The van der Waals surface area contributed by atoms with Gasteiger partial charge in [0.05, 0.1) is 1.28 Å². The van der Waals surface area contributed by atoms with Crippen molar-refractivity contribution in [3.8, 4) is 11.1 Å². The highest BCUT2D eigenvalue weighted by Gasteiger charge is 2.05. The Morgan fingerprint density at radius 3 is 2.25 bits per heavy atom. The standard InChI is InChI=1S/C20H28S.H2OP2/c1-4-5-6-7-8-9-10-18-11-13-19(14-12-18)20-15-16(2)21-17(20)3;1-3-2/h11-15H,4-10H2,1-3H3;2H2/i;2T. The van der Waals surface area contributed by atoms with Crippen molar-refractivity contribution in [3.05, 3.63) is 45.6 Å². The van der Waals surface area contributed by atoms with Crippen LogP contribution in [0.15, 0.2) is 30.3 Å². The first-order valence-electron chi connectivity index (χ1n) is 9.27. The minimum atomic E-state index is -0.193. The first-order valence-corrected chi connectivity index (χ1v) is 11.7. The summed E-state index contributed by atoms with van der Waals surface area (Å²) in [6.45, 7) is 6.68. The summed E-state index contributed by atoms with van der Waals surface area (Å²) in [4.78, 5) is 2.83. The molecule has 4 heteroatoms. The van der Waals surface area contributed by atoms with Gasteiger partial charge in [0.2, 0.25) is 0 Å². The Bertz CT molecular complexity index is 611. The van der Waals surface area contributed by atoms with Crippen molar-refractivity contribution in [3.63, 3.8) is 0 Å². The topological polar surface area (TPSA) is 17.1 Å². The summed E-state index contributed by atoms with van der Waals surface area (Å²) >= 11 is 1.89. The van der Waals surface area contributed by atoms with Crippen molar-refractivity contribution in [1.29, 1.82) is 1.28 Å². The van der Waals surface area contributed by atoms with Crippen molar-refractivity contribution in [1.82, 2.24) is 0 Å². The van der Waals surface area contributed by atoms with E-state index in [1.807, 2.05) is 11.3 Å². The van der Waals surface area contributed by atoms with Crippen LogP contribution in [0.3, 0.4) is 0 Å². The predicted molar refractivity (Wildman–Crippen MR) is 114 cm³/mol. The predicted octanol–water partition coefficient (Wildman–Crippen LogP) is 8.00. The molecule has 1 aromatic carbocycles. The zero-order chi connectivity index (χ0) is 18.5. The average Bonchev–Trinajstić information content (AvgIpc) is 2.97. The molecule has 0 aliphatic carbocycles. The first-order chi connectivity index (χ1) is 12.1. The molecular formula is C20H30OP2S. The lowest BCUT2D eigenvalue weighted by Gasteiger charge is -2.05. The van der Waals surface area contributed by atoms with E-state index in [1.165, 1.54) is 71.4 Å². The monoisotopic (exact) mass is 382 g/mol. The normalized spacial score (nSPS) is 11.5. The van der Waals surface area contributed by atoms with Gasteiger partial charge in [-0.25, -0.2) is 0 Å². The van der Waals surface area contributed by atoms with Crippen LogP contribution in [0.5, 0.6) is 0 Å². The Labute approximate surface area is 156 Å². The Kier molecular flexibility index (Phi) is 10.5. The van der Waals surface area contributed by atoms with Crippen LogP contribution in [0.25, 0.3) is 11.1 Å². The van der Waals surface area contributed by atoms with E-state index in [0.717, 1.165) is 0 Å². The van der Waals surface area contributed by atoms with E-state index < -0.39 is 0 Å². The minimum Gasteiger partial charge on any atom is -0.271 e. The average molecular weight is 382 g/mol. The molecule has 0 aliphatic heterocycles. The number of rotatable bonds is 9. The van der Waals surface area contributed by atoms with Crippen molar-refractivity contribution in [2.24, 2.45) is 0 Å². The van der Waals surface area contributed by atoms with E-state index in [2.05, 4.69) is 51.1 Å². The highest BCUT2D eigenvalue weighted by atomic mass is 32.1. The summed E-state index contributed by atoms with van der Waals surface area (Å²) in [5, 5.41) is 0. The van der Waals surface area contributed by atoms with Crippen molar-refractivity contribution in [2.45, 2.75) is 65.7 Å². The molecule has 0 saturated heterocycles. The second-order valence-electron chi connectivity index (χ2n) is 6.13. The summed E-state index contributed by atoms with van der Waals surface area (Å²) in [6.07, 6.45) is 9.49. The third-order valence-corrected chi connectivity index (χ3v) is 5.09. The third-order valence-electron chi connectivity index (χ3n) is 4.12. The summed E-state index contributed by atoms with van der Waals surface area (Å²) in [7, 11) is -0.250. The number of benzene rings is 1. The van der Waals surface area contributed by atoms with Gasteiger partial charge in [-0.2, -0.15) is 0 Å². The summed E-state index contributed by atoms with van der Waals surface area (Å²) < 4.78 is 15.2. The molecule has 0 fully saturated rings. The van der Waals surface area contributed by atoms with Crippen LogP contribution in [0.4, 0.5) is 0 Å². The maximum absolute atomic E-state index is 9.10. The molecule has 0 radical (unpaired) electrons. The van der Waals surface area contributed by atoms with Crippen LogP contribution in [-0.2, 0) is 11.0 Å². The highest BCUT2D eigenvalue weighted by Crippen LogP contribution is 2.30. The van der Waals surface area contributed by atoms with Crippen molar-refractivity contribution >= 4 is 28.4 Å². The van der Waals surface area contributed by atoms with Crippen LogP contribution >= 0.6 is 28.4 Å². The molecule has 1 heterocycles. The van der Waals surface area contributed by atoms with Crippen LogP contribution < -0.4 is 0 Å². The summed E-state index contributed by atoms with van der Waals surface area (Å²) in [5.74, 6) is 0. The quantitative estimate of drug-likeness (QED) is 0.317. The van der Waals surface area contributed by atoms with E-state index >= 15 is 0 Å².